The van der Waals surface area contributed by atoms with Gasteiger partial charge in [-0.2, -0.15) is 5.26 Å². The Hall–Kier alpha value is -7.86. The molecular weight excluding hydrogens is 671 g/mol. The van der Waals surface area contributed by atoms with Crippen LogP contribution < -0.4 is 0 Å². The second-order valence-electron chi connectivity index (χ2n) is 14.0. The second-order valence-corrected chi connectivity index (χ2v) is 14.0. The summed E-state index contributed by atoms with van der Waals surface area (Å²) < 4.78 is 6.88. The van der Waals surface area contributed by atoms with Gasteiger partial charge < -0.3 is 13.7 Å². The lowest BCUT2D eigenvalue weighted by Gasteiger charge is -2.17. The van der Waals surface area contributed by atoms with E-state index in [2.05, 4.69) is 164 Å². The summed E-state index contributed by atoms with van der Waals surface area (Å²) in [6.45, 7) is 8.20. The van der Waals surface area contributed by atoms with Gasteiger partial charge in [0.2, 0.25) is 0 Å². The zero-order chi connectivity index (χ0) is 36.6. The Balaban J connectivity index is 1.18. The number of nitriles is 1. The molecule has 254 valence electrons. The lowest BCUT2D eigenvalue weighted by Crippen LogP contribution is -2.00. The first kappa shape index (κ1) is 30.7. The van der Waals surface area contributed by atoms with E-state index in [1.54, 1.807) is 0 Å². The van der Waals surface area contributed by atoms with Gasteiger partial charge in [0.05, 0.1) is 50.9 Å². The van der Waals surface area contributed by atoms with E-state index >= 15 is 0 Å². The fourth-order valence-corrected chi connectivity index (χ4v) is 8.79. The van der Waals surface area contributed by atoms with Crippen LogP contribution in [0.3, 0.4) is 0 Å². The van der Waals surface area contributed by atoms with E-state index in [1.807, 2.05) is 36.4 Å². The molecule has 11 aromatic rings. The highest BCUT2D eigenvalue weighted by atomic mass is 15.0. The molecule has 0 unspecified atom stereocenters. The Morgan fingerprint density at radius 1 is 0.436 bits per heavy atom. The molecule has 0 atom stereocenters. The van der Waals surface area contributed by atoms with Crippen molar-refractivity contribution < 1.29 is 0 Å². The molecule has 3 aromatic heterocycles. The van der Waals surface area contributed by atoms with Gasteiger partial charge in [-0.15, -0.1) is 0 Å². The number of rotatable bonds is 4. The lowest BCUT2D eigenvalue weighted by molar-refractivity contribution is 1.15. The van der Waals surface area contributed by atoms with Gasteiger partial charge in [0.25, 0.3) is 0 Å². The van der Waals surface area contributed by atoms with E-state index < -0.39 is 0 Å². The Morgan fingerprint density at radius 2 is 0.982 bits per heavy atom. The molecule has 0 saturated heterocycles. The zero-order valence-electron chi connectivity index (χ0n) is 29.5. The number of hydrogen-bond donors (Lipinski definition) is 0. The first-order valence-corrected chi connectivity index (χ1v) is 18.3. The topological polar surface area (TPSA) is 42.9 Å². The van der Waals surface area contributed by atoms with E-state index in [-0.39, 0.29) is 0 Å². The third-order valence-corrected chi connectivity index (χ3v) is 11.1. The number of aromatic nitrogens is 3. The molecule has 3 heterocycles. The minimum atomic E-state index is 0.526. The maximum absolute atomic E-state index is 10.2. The van der Waals surface area contributed by atoms with Gasteiger partial charge in [-0.05, 0) is 72.3 Å². The molecular formula is C50H29N5. The lowest BCUT2D eigenvalue weighted by atomic mass is 10.0. The predicted molar refractivity (Wildman–Crippen MR) is 226 cm³/mol. The van der Waals surface area contributed by atoms with Crippen molar-refractivity contribution in [3.63, 3.8) is 0 Å². The molecule has 0 aliphatic heterocycles. The van der Waals surface area contributed by atoms with Gasteiger partial charge in [-0.3, -0.25) is 0 Å². The van der Waals surface area contributed by atoms with Crippen molar-refractivity contribution in [3.8, 4) is 34.3 Å². The largest absolute Gasteiger partial charge is 0.309 e. The molecule has 0 amide bonds. The molecule has 8 aromatic carbocycles. The zero-order valence-corrected chi connectivity index (χ0v) is 29.5. The monoisotopic (exact) mass is 699 g/mol. The molecule has 0 fully saturated rings. The summed E-state index contributed by atoms with van der Waals surface area (Å²) in [6.07, 6.45) is 0. The summed E-state index contributed by atoms with van der Waals surface area (Å²) in [7, 11) is 0. The van der Waals surface area contributed by atoms with Crippen molar-refractivity contribution in [1.29, 1.82) is 5.26 Å². The van der Waals surface area contributed by atoms with Gasteiger partial charge in [-0.1, -0.05) is 109 Å². The number of hydrogen-bond acceptors (Lipinski definition) is 1. The molecule has 11 rings (SSSR count). The van der Waals surface area contributed by atoms with Crippen LogP contribution in [0.1, 0.15) is 5.56 Å². The molecule has 0 radical (unpaired) electrons. The highest BCUT2D eigenvalue weighted by molar-refractivity contribution is 6.13. The average Bonchev–Trinajstić information content (AvgIpc) is 3.89. The van der Waals surface area contributed by atoms with Gasteiger partial charge in [0.1, 0.15) is 6.07 Å². The van der Waals surface area contributed by atoms with Crippen LogP contribution in [0, 0.1) is 17.9 Å². The van der Waals surface area contributed by atoms with Gasteiger partial charge >= 0.3 is 0 Å². The Morgan fingerprint density at radius 3 is 1.64 bits per heavy atom. The van der Waals surface area contributed by atoms with Gasteiger partial charge in [-0.25, -0.2) is 4.85 Å². The normalized spacial score (nSPS) is 11.6. The maximum Gasteiger partial charge on any atom is 0.189 e. The number of benzene rings is 8. The summed E-state index contributed by atoms with van der Waals surface area (Å²) in [6, 6.07) is 63.7. The number of nitrogens with zero attached hydrogens (tertiary/aromatic N) is 5. The quantitative estimate of drug-likeness (QED) is 0.169. The van der Waals surface area contributed by atoms with E-state index in [1.165, 1.54) is 32.6 Å². The smallest absolute Gasteiger partial charge is 0.189 e. The summed E-state index contributed by atoms with van der Waals surface area (Å²) in [5.74, 6) is 0. The fourth-order valence-electron chi connectivity index (χ4n) is 8.79. The maximum atomic E-state index is 10.2. The van der Waals surface area contributed by atoms with E-state index in [0.29, 0.717) is 11.3 Å². The highest BCUT2D eigenvalue weighted by Crippen LogP contribution is 2.41. The summed E-state index contributed by atoms with van der Waals surface area (Å²) in [5.41, 5.74) is 12.3. The van der Waals surface area contributed by atoms with E-state index in [0.717, 1.165) is 61.0 Å². The minimum absolute atomic E-state index is 0.526. The van der Waals surface area contributed by atoms with Crippen LogP contribution in [-0.2, 0) is 0 Å². The van der Waals surface area contributed by atoms with Crippen LogP contribution in [0.2, 0.25) is 0 Å². The molecule has 0 spiro atoms. The number of para-hydroxylation sites is 6. The fraction of sp³-hybridized carbons (Fsp3) is 0. The minimum Gasteiger partial charge on any atom is -0.309 e. The van der Waals surface area contributed by atoms with Crippen molar-refractivity contribution in [1.82, 2.24) is 13.7 Å². The van der Waals surface area contributed by atoms with Crippen LogP contribution in [0.5, 0.6) is 0 Å². The van der Waals surface area contributed by atoms with Crippen LogP contribution in [0.25, 0.3) is 98.5 Å². The standard InChI is InChI=1S/C50H29N5/c1-52-34-27-33(28-36(29-34)54-47-23-10-6-18-41(47)43-19-12-13-32(31-51)50(43)54)37-14-2-7-20-44(37)55-48-24-11-5-17-40(48)42-26-25-35(30-49(42)55)53-45-21-8-3-15-38(45)39-16-4-9-22-46(39)53/h2-30H. The van der Waals surface area contributed by atoms with Gasteiger partial charge in [0, 0.05) is 49.3 Å². The van der Waals surface area contributed by atoms with Crippen molar-refractivity contribution >= 4 is 71.1 Å². The van der Waals surface area contributed by atoms with Crippen molar-refractivity contribution in [2.75, 3.05) is 0 Å². The number of fused-ring (bicyclic) bond motifs is 9. The highest BCUT2D eigenvalue weighted by Gasteiger charge is 2.20. The van der Waals surface area contributed by atoms with E-state index in [4.69, 9.17) is 6.57 Å². The first-order valence-electron chi connectivity index (χ1n) is 18.3. The third kappa shape index (κ3) is 4.45. The SMILES string of the molecule is [C-]#[N+]c1cc(-c2ccccc2-n2c3ccccc3c3ccc(-n4c5ccccc5c5ccccc54)cc32)cc(-n2c3ccccc3c3cccc(C#N)c32)c1. The molecule has 0 saturated carbocycles. The summed E-state index contributed by atoms with van der Waals surface area (Å²) in [4.78, 5) is 3.97. The van der Waals surface area contributed by atoms with Crippen LogP contribution in [-0.4, -0.2) is 13.7 Å². The molecule has 0 aliphatic carbocycles. The molecule has 55 heavy (non-hydrogen) atoms. The van der Waals surface area contributed by atoms with Gasteiger partial charge in [0.15, 0.2) is 5.69 Å². The second kappa shape index (κ2) is 11.8. The molecule has 0 bridgehead atoms. The van der Waals surface area contributed by atoms with Crippen molar-refractivity contribution in [2.45, 2.75) is 0 Å². The molecule has 0 aliphatic rings. The van der Waals surface area contributed by atoms with Crippen LogP contribution in [0.4, 0.5) is 5.69 Å². The molecule has 5 heteroatoms. The van der Waals surface area contributed by atoms with Crippen molar-refractivity contribution in [2.24, 2.45) is 0 Å². The predicted octanol–water partition coefficient (Wildman–Crippen LogP) is 13.1. The Bertz CT molecular complexity index is 3420. The molecule has 5 nitrogen and oxygen atoms in total. The van der Waals surface area contributed by atoms with Crippen LogP contribution >= 0.6 is 0 Å². The first-order chi connectivity index (χ1) is 27.2. The van der Waals surface area contributed by atoms with Crippen LogP contribution in [0.15, 0.2) is 176 Å². The summed E-state index contributed by atoms with van der Waals surface area (Å²) >= 11 is 0. The van der Waals surface area contributed by atoms with Crippen molar-refractivity contribution in [3.05, 3.63) is 193 Å². The van der Waals surface area contributed by atoms with E-state index in [9.17, 15) is 5.26 Å². The Kier molecular flexibility index (Phi) is 6.61. The third-order valence-electron chi connectivity index (χ3n) is 11.1. The Labute approximate surface area is 316 Å². The average molecular weight is 700 g/mol. The molecule has 0 N–H and O–H groups in total. The summed E-state index contributed by atoms with van der Waals surface area (Å²) in [5, 5.41) is 17.1.